The average molecular weight is 226 g/mol. The van der Waals surface area contributed by atoms with E-state index in [2.05, 4.69) is 31.0 Å². The van der Waals surface area contributed by atoms with E-state index in [1.54, 1.807) is 0 Å². The van der Waals surface area contributed by atoms with Crippen LogP contribution in [0, 0.1) is 5.92 Å². The molecule has 2 fully saturated rings. The van der Waals surface area contributed by atoms with Crippen LogP contribution in [0.15, 0.2) is 0 Å². The van der Waals surface area contributed by atoms with Crippen molar-refractivity contribution >= 4 is 0 Å². The Kier molecular flexibility index (Phi) is 4.22. The van der Waals surface area contributed by atoms with E-state index in [4.69, 9.17) is 4.74 Å². The number of nitrogens with one attached hydrogen (secondary N) is 1. The molecule has 16 heavy (non-hydrogen) atoms. The lowest BCUT2D eigenvalue weighted by atomic mass is 9.86. The van der Waals surface area contributed by atoms with Gasteiger partial charge in [-0.1, -0.05) is 13.8 Å². The van der Waals surface area contributed by atoms with E-state index in [0.29, 0.717) is 12.1 Å². The molecule has 1 N–H and O–H groups in total. The van der Waals surface area contributed by atoms with Gasteiger partial charge in [0.25, 0.3) is 0 Å². The molecule has 3 nitrogen and oxygen atoms in total. The second kappa shape index (κ2) is 5.48. The van der Waals surface area contributed by atoms with Crippen molar-refractivity contribution in [2.75, 3.05) is 26.2 Å². The van der Waals surface area contributed by atoms with Crippen LogP contribution in [0.2, 0.25) is 0 Å². The Bertz CT molecular complexity index is 214. The smallest absolute Gasteiger partial charge is 0.0604 e. The molecule has 0 aromatic carbocycles. The highest BCUT2D eigenvalue weighted by Crippen LogP contribution is 2.29. The lowest BCUT2D eigenvalue weighted by Crippen LogP contribution is -2.59. The Morgan fingerprint density at radius 3 is 2.75 bits per heavy atom. The molecule has 1 saturated carbocycles. The first-order valence-electron chi connectivity index (χ1n) is 6.79. The van der Waals surface area contributed by atoms with Crippen LogP contribution < -0.4 is 5.32 Å². The highest BCUT2D eigenvalue weighted by atomic mass is 16.5. The molecule has 0 bridgehead atoms. The van der Waals surface area contributed by atoms with E-state index in [0.717, 1.165) is 25.1 Å². The fourth-order valence-electron chi connectivity index (χ4n) is 2.79. The van der Waals surface area contributed by atoms with Gasteiger partial charge in [0.1, 0.15) is 0 Å². The average Bonchev–Trinajstić information content (AvgIpc) is 2.23. The third-order valence-corrected chi connectivity index (χ3v) is 4.03. The topological polar surface area (TPSA) is 24.5 Å². The highest BCUT2D eigenvalue weighted by molar-refractivity contribution is 4.92. The first kappa shape index (κ1) is 12.3. The van der Waals surface area contributed by atoms with Gasteiger partial charge in [-0.3, -0.25) is 4.90 Å². The largest absolute Gasteiger partial charge is 0.378 e. The summed E-state index contributed by atoms with van der Waals surface area (Å²) < 4.78 is 5.63. The third kappa shape index (κ3) is 2.76. The number of hydrogen-bond donors (Lipinski definition) is 1. The van der Waals surface area contributed by atoms with Crippen molar-refractivity contribution in [2.24, 2.45) is 5.92 Å². The molecular weight excluding hydrogens is 200 g/mol. The summed E-state index contributed by atoms with van der Waals surface area (Å²) in [5, 5.41) is 3.62. The number of nitrogens with zero attached hydrogens (tertiary/aromatic N) is 1. The summed E-state index contributed by atoms with van der Waals surface area (Å²) in [4.78, 5) is 2.66. The first-order valence-corrected chi connectivity index (χ1v) is 6.79. The van der Waals surface area contributed by atoms with E-state index in [-0.39, 0.29) is 0 Å². The minimum Gasteiger partial charge on any atom is -0.378 e. The first-order chi connectivity index (χ1) is 7.70. The molecule has 1 atom stereocenters. The van der Waals surface area contributed by atoms with Crippen molar-refractivity contribution < 1.29 is 4.74 Å². The SMILES string of the molecule is CCOC1CC(N2CCNC(C(C)C)C2)C1. The predicted octanol–water partition coefficient (Wildman–Crippen LogP) is 1.48. The van der Waals surface area contributed by atoms with Gasteiger partial charge in [0.2, 0.25) is 0 Å². The second-order valence-electron chi connectivity index (χ2n) is 5.50. The van der Waals surface area contributed by atoms with E-state index in [1.165, 1.54) is 25.9 Å². The van der Waals surface area contributed by atoms with Crippen molar-refractivity contribution in [2.45, 2.75) is 51.8 Å². The van der Waals surface area contributed by atoms with Crippen molar-refractivity contribution in [3.63, 3.8) is 0 Å². The van der Waals surface area contributed by atoms with Gasteiger partial charge in [-0.25, -0.2) is 0 Å². The summed E-state index contributed by atoms with van der Waals surface area (Å²) in [5.41, 5.74) is 0. The molecule has 0 radical (unpaired) electrons. The fourth-order valence-corrected chi connectivity index (χ4v) is 2.79. The van der Waals surface area contributed by atoms with Gasteiger partial charge in [0, 0.05) is 38.3 Å². The molecule has 94 valence electrons. The third-order valence-electron chi connectivity index (χ3n) is 4.03. The van der Waals surface area contributed by atoms with E-state index < -0.39 is 0 Å². The van der Waals surface area contributed by atoms with Gasteiger partial charge in [0.15, 0.2) is 0 Å². The zero-order valence-corrected chi connectivity index (χ0v) is 10.9. The van der Waals surface area contributed by atoms with Crippen LogP contribution in [0.5, 0.6) is 0 Å². The maximum atomic E-state index is 5.63. The quantitative estimate of drug-likeness (QED) is 0.786. The molecule has 1 aliphatic carbocycles. The Morgan fingerprint density at radius 2 is 2.12 bits per heavy atom. The molecule has 1 heterocycles. The summed E-state index contributed by atoms with van der Waals surface area (Å²) in [6.07, 6.45) is 3.04. The summed E-state index contributed by atoms with van der Waals surface area (Å²) >= 11 is 0. The lowest BCUT2D eigenvalue weighted by molar-refractivity contribution is -0.0537. The molecule has 2 rings (SSSR count). The van der Waals surface area contributed by atoms with Crippen LogP contribution in [-0.2, 0) is 4.74 Å². The van der Waals surface area contributed by atoms with Crippen LogP contribution in [0.3, 0.4) is 0 Å². The predicted molar refractivity (Wildman–Crippen MR) is 66.6 cm³/mol. The fraction of sp³-hybridized carbons (Fsp3) is 1.00. The molecule has 0 aromatic rings. The van der Waals surface area contributed by atoms with Crippen molar-refractivity contribution in [3.05, 3.63) is 0 Å². The minimum absolute atomic E-state index is 0.544. The Hall–Kier alpha value is -0.120. The van der Waals surface area contributed by atoms with Gasteiger partial charge >= 0.3 is 0 Å². The van der Waals surface area contributed by atoms with Gasteiger partial charge < -0.3 is 10.1 Å². The number of piperazine rings is 1. The van der Waals surface area contributed by atoms with E-state index in [1.807, 2.05) is 0 Å². The molecule has 3 heteroatoms. The number of rotatable bonds is 4. The number of hydrogen-bond acceptors (Lipinski definition) is 3. The zero-order chi connectivity index (χ0) is 11.5. The van der Waals surface area contributed by atoms with Gasteiger partial charge in [-0.2, -0.15) is 0 Å². The molecule has 0 aromatic heterocycles. The molecular formula is C13H26N2O. The van der Waals surface area contributed by atoms with Gasteiger partial charge in [0.05, 0.1) is 6.10 Å². The van der Waals surface area contributed by atoms with Crippen LogP contribution in [-0.4, -0.2) is 49.3 Å². The van der Waals surface area contributed by atoms with Crippen LogP contribution in [0.1, 0.15) is 33.6 Å². The summed E-state index contributed by atoms with van der Waals surface area (Å²) in [5.74, 6) is 0.741. The Balaban J connectivity index is 1.74. The minimum atomic E-state index is 0.544. The van der Waals surface area contributed by atoms with Crippen LogP contribution >= 0.6 is 0 Å². The molecule has 0 amide bonds. The van der Waals surface area contributed by atoms with Crippen LogP contribution in [0.4, 0.5) is 0 Å². The van der Waals surface area contributed by atoms with Crippen molar-refractivity contribution in [1.29, 1.82) is 0 Å². The summed E-state index contributed by atoms with van der Waals surface area (Å²) in [6.45, 7) is 11.2. The van der Waals surface area contributed by atoms with Gasteiger partial charge in [-0.05, 0) is 25.7 Å². The van der Waals surface area contributed by atoms with Gasteiger partial charge in [-0.15, -0.1) is 0 Å². The van der Waals surface area contributed by atoms with Crippen molar-refractivity contribution in [1.82, 2.24) is 10.2 Å². The standard InChI is InChI=1S/C13H26N2O/c1-4-16-12-7-11(8-12)15-6-5-14-13(9-15)10(2)3/h10-14H,4-9H2,1-3H3. The number of ether oxygens (including phenoxy) is 1. The maximum absolute atomic E-state index is 5.63. The van der Waals surface area contributed by atoms with Crippen molar-refractivity contribution in [3.8, 4) is 0 Å². The van der Waals surface area contributed by atoms with Crippen LogP contribution in [0.25, 0.3) is 0 Å². The molecule has 0 spiro atoms. The highest BCUT2D eigenvalue weighted by Gasteiger charge is 2.36. The zero-order valence-electron chi connectivity index (χ0n) is 10.9. The molecule has 1 aliphatic heterocycles. The second-order valence-corrected chi connectivity index (χ2v) is 5.50. The Labute approximate surface area is 99.5 Å². The maximum Gasteiger partial charge on any atom is 0.0604 e. The normalized spacial score (nSPS) is 36.4. The lowest BCUT2D eigenvalue weighted by Gasteiger charge is -2.46. The molecule has 1 unspecified atom stereocenters. The summed E-state index contributed by atoms with van der Waals surface area (Å²) in [7, 11) is 0. The Morgan fingerprint density at radius 1 is 1.38 bits per heavy atom. The monoisotopic (exact) mass is 226 g/mol. The molecule has 2 aliphatic rings. The summed E-state index contributed by atoms with van der Waals surface area (Å²) in [6, 6.07) is 1.47. The van der Waals surface area contributed by atoms with E-state index in [9.17, 15) is 0 Å². The van der Waals surface area contributed by atoms with E-state index >= 15 is 0 Å². The molecule has 1 saturated heterocycles.